The van der Waals surface area contributed by atoms with Gasteiger partial charge in [0.15, 0.2) is 5.78 Å². The molecule has 1 unspecified atom stereocenters. The first-order valence-corrected chi connectivity index (χ1v) is 7.63. The van der Waals surface area contributed by atoms with Gasteiger partial charge in [-0.2, -0.15) is 0 Å². The summed E-state index contributed by atoms with van der Waals surface area (Å²) in [6.45, 7) is 4.58. The highest BCUT2D eigenvalue weighted by atomic mass is 35.5. The number of benzene rings is 1. The van der Waals surface area contributed by atoms with Crippen LogP contribution in [0.1, 0.15) is 43.5 Å². The first-order chi connectivity index (χ1) is 10.5. The standard InChI is InChI=1S/C17H26N2O3.ClH/c1-12(2)10-14(11-18)19-17(21)9-8-16(20)13-4-6-15(22-3)7-5-13;/h4-7,12,14H,8-11,18H2,1-3H3,(H,19,21);1H. The lowest BCUT2D eigenvalue weighted by molar-refractivity contribution is -0.121. The van der Waals surface area contributed by atoms with Crippen LogP contribution >= 0.6 is 12.4 Å². The van der Waals surface area contributed by atoms with Gasteiger partial charge in [0.05, 0.1) is 7.11 Å². The van der Waals surface area contributed by atoms with Gasteiger partial charge in [0.2, 0.25) is 5.91 Å². The van der Waals surface area contributed by atoms with Crippen LogP contribution < -0.4 is 15.8 Å². The number of Topliss-reactive ketones (excluding diaryl/α,β-unsaturated/α-hetero) is 1. The SMILES string of the molecule is COc1ccc(C(=O)CCC(=O)NC(CN)CC(C)C)cc1.Cl. The lowest BCUT2D eigenvalue weighted by Crippen LogP contribution is -2.41. The summed E-state index contributed by atoms with van der Waals surface area (Å²) in [6, 6.07) is 6.87. The molecule has 5 nitrogen and oxygen atoms in total. The molecule has 130 valence electrons. The lowest BCUT2D eigenvalue weighted by Gasteiger charge is -2.18. The van der Waals surface area contributed by atoms with Crippen molar-refractivity contribution < 1.29 is 14.3 Å². The number of ether oxygens (including phenoxy) is 1. The Morgan fingerprint density at radius 2 is 1.78 bits per heavy atom. The molecule has 0 heterocycles. The molecule has 0 fully saturated rings. The van der Waals surface area contributed by atoms with Crippen molar-refractivity contribution in [2.24, 2.45) is 11.7 Å². The van der Waals surface area contributed by atoms with Crippen LogP contribution in [0.25, 0.3) is 0 Å². The molecular weight excluding hydrogens is 316 g/mol. The van der Waals surface area contributed by atoms with Gasteiger partial charge in [-0.3, -0.25) is 9.59 Å². The minimum absolute atomic E-state index is 0. The summed E-state index contributed by atoms with van der Waals surface area (Å²) >= 11 is 0. The summed E-state index contributed by atoms with van der Waals surface area (Å²) in [4.78, 5) is 23.9. The molecule has 0 aliphatic carbocycles. The number of methoxy groups -OCH3 is 1. The number of amides is 1. The summed E-state index contributed by atoms with van der Waals surface area (Å²) in [5.74, 6) is 0.993. The van der Waals surface area contributed by atoms with Crippen LogP contribution in [-0.2, 0) is 4.79 Å². The van der Waals surface area contributed by atoms with E-state index in [1.165, 1.54) is 0 Å². The van der Waals surface area contributed by atoms with Crippen molar-refractivity contribution in [1.29, 1.82) is 0 Å². The number of carbonyl (C=O) groups is 2. The van der Waals surface area contributed by atoms with Crippen LogP contribution in [-0.4, -0.2) is 31.4 Å². The average Bonchev–Trinajstić information content (AvgIpc) is 2.51. The first kappa shape index (κ1) is 21.4. The summed E-state index contributed by atoms with van der Waals surface area (Å²) < 4.78 is 5.05. The number of hydrogen-bond acceptors (Lipinski definition) is 4. The molecule has 23 heavy (non-hydrogen) atoms. The third-order valence-electron chi connectivity index (χ3n) is 3.40. The molecule has 0 saturated heterocycles. The Hall–Kier alpha value is -1.59. The second-order valence-corrected chi connectivity index (χ2v) is 5.78. The fourth-order valence-electron chi connectivity index (χ4n) is 2.23. The van der Waals surface area contributed by atoms with Crippen LogP contribution in [0.5, 0.6) is 5.75 Å². The fraction of sp³-hybridized carbons (Fsp3) is 0.529. The monoisotopic (exact) mass is 342 g/mol. The van der Waals surface area contributed by atoms with Crippen molar-refractivity contribution in [3.05, 3.63) is 29.8 Å². The van der Waals surface area contributed by atoms with Crippen LogP contribution in [0.2, 0.25) is 0 Å². The van der Waals surface area contributed by atoms with E-state index in [9.17, 15) is 9.59 Å². The van der Waals surface area contributed by atoms with E-state index in [0.717, 1.165) is 6.42 Å². The Bertz CT molecular complexity index is 489. The van der Waals surface area contributed by atoms with Gasteiger partial charge in [-0.05, 0) is 36.6 Å². The number of hydrogen-bond donors (Lipinski definition) is 2. The van der Waals surface area contributed by atoms with E-state index in [0.29, 0.717) is 23.8 Å². The van der Waals surface area contributed by atoms with Crippen molar-refractivity contribution in [1.82, 2.24) is 5.32 Å². The van der Waals surface area contributed by atoms with Gasteiger partial charge in [-0.25, -0.2) is 0 Å². The quantitative estimate of drug-likeness (QED) is 0.676. The minimum Gasteiger partial charge on any atom is -0.497 e. The third-order valence-corrected chi connectivity index (χ3v) is 3.40. The molecule has 0 aliphatic rings. The first-order valence-electron chi connectivity index (χ1n) is 7.63. The maximum absolute atomic E-state index is 12.0. The maximum Gasteiger partial charge on any atom is 0.220 e. The van der Waals surface area contributed by atoms with E-state index in [-0.39, 0.29) is 43.0 Å². The molecule has 0 aromatic heterocycles. The Morgan fingerprint density at radius 1 is 1.17 bits per heavy atom. The molecule has 1 aromatic carbocycles. The van der Waals surface area contributed by atoms with Gasteiger partial charge in [0.1, 0.15) is 5.75 Å². The number of halogens is 1. The zero-order valence-corrected chi connectivity index (χ0v) is 14.8. The van der Waals surface area contributed by atoms with Crippen LogP contribution in [0.15, 0.2) is 24.3 Å². The topological polar surface area (TPSA) is 81.4 Å². The Balaban J connectivity index is 0.00000484. The number of nitrogens with two attached hydrogens (primary N) is 1. The van der Waals surface area contributed by atoms with Crippen LogP contribution in [0.3, 0.4) is 0 Å². The van der Waals surface area contributed by atoms with Crippen LogP contribution in [0.4, 0.5) is 0 Å². The van der Waals surface area contributed by atoms with Crippen molar-refractivity contribution in [3.8, 4) is 5.75 Å². The van der Waals surface area contributed by atoms with Crippen LogP contribution in [0, 0.1) is 5.92 Å². The molecule has 6 heteroatoms. The summed E-state index contributed by atoms with van der Waals surface area (Å²) in [6.07, 6.45) is 1.21. The largest absolute Gasteiger partial charge is 0.497 e. The molecule has 1 aromatic rings. The highest BCUT2D eigenvalue weighted by Gasteiger charge is 2.14. The lowest BCUT2D eigenvalue weighted by atomic mass is 10.0. The predicted octanol–water partition coefficient (Wildman–Crippen LogP) is 2.57. The number of rotatable bonds is 9. The van der Waals surface area contributed by atoms with Crippen molar-refractivity contribution in [3.63, 3.8) is 0 Å². The molecule has 1 amide bonds. The minimum atomic E-state index is -0.127. The second kappa shape index (κ2) is 11.0. The van der Waals surface area contributed by atoms with Gasteiger partial charge in [0.25, 0.3) is 0 Å². The van der Waals surface area contributed by atoms with Crippen molar-refractivity contribution in [2.75, 3.05) is 13.7 Å². The smallest absolute Gasteiger partial charge is 0.220 e. The van der Waals surface area contributed by atoms with Gasteiger partial charge in [-0.15, -0.1) is 12.4 Å². The van der Waals surface area contributed by atoms with E-state index in [2.05, 4.69) is 19.2 Å². The fourth-order valence-corrected chi connectivity index (χ4v) is 2.23. The zero-order valence-electron chi connectivity index (χ0n) is 14.0. The number of ketones is 1. The van der Waals surface area contributed by atoms with E-state index in [1.54, 1.807) is 31.4 Å². The molecule has 0 aliphatic heterocycles. The summed E-state index contributed by atoms with van der Waals surface area (Å²) in [5, 5.41) is 2.89. The van der Waals surface area contributed by atoms with Gasteiger partial charge >= 0.3 is 0 Å². The number of carbonyl (C=O) groups excluding carboxylic acids is 2. The molecule has 1 rings (SSSR count). The molecule has 0 saturated carbocycles. The highest BCUT2D eigenvalue weighted by molar-refractivity contribution is 5.98. The van der Waals surface area contributed by atoms with E-state index >= 15 is 0 Å². The molecule has 0 bridgehead atoms. The third kappa shape index (κ3) is 8.00. The summed E-state index contributed by atoms with van der Waals surface area (Å²) in [5.41, 5.74) is 6.24. The van der Waals surface area contributed by atoms with E-state index in [4.69, 9.17) is 10.5 Å². The summed E-state index contributed by atoms with van der Waals surface area (Å²) in [7, 11) is 1.58. The molecule has 0 spiro atoms. The van der Waals surface area contributed by atoms with Gasteiger partial charge < -0.3 is 15.8 Å². The second-order valence-electron chi connectivity index (χ2n) is 5.78. The predicted molar refractivity (Wildman–Crippen MR) is 94.2 cm³/mol. The number of nitrogens with one attached hydrogen (secondary N) is 1. The Morgan fingerprint density at radius 3 is 2.26 bits per heavy atom. The van der Waals surface area contributed by atoms with Crippen molar-refractivity contribution >= 4 is 24.1 Å². The molecule has 1 atom stereocenters. The Kier molecular flexibility index (Phi) is 10.3. The zero-order chi connectivity index (χ0) is 16.5. The normalized spacial score (nSPS) is 11.5. The molecular formula is C17H27ClN2O3. The molecule has 3 N–H and O–H groups in total. The average molecular weight is 343 g/mol. The van der Waals surface area contributed by atoms with Crippen molar-refractivity contribution in [2.45, 2.75) is 39.2 Å². The Labute approximate surface area is 144 Å². The van der Waals surface area contributed by atoms with E-state index < -0.39 is 0 Å². The highest BCUT2D eigenvalue weighted by Crippen LogP contribution is 2.13. The van der Waals surface area contributed by atoms with Gasteiger partial charge in [0, 0.05) is 31.0 Å². The van der Waals surface area contributed by atoms with Gasteiger partial charge in [-0.1, -0.05) is 13.8 Å². The van der Waals surface area contributed by atoms with E-state index in [1.807, 2.05) is 0 Å². The molecule has 0 radical (unpaired) electrons. The maximum atomic E-state index is 12.0.